The quantitative estimate of drug-likeness (QED) is 0.174. The molecule has 0 radical (unpaired) electrons. The highest BCUT2D eigenvalue weighted by atomic mass is 16.3. The van der Waals surface area contributed by atoms with Crippen LogP contribution >= 0.6 is 0 Å². The summed E-state index contributed by atoms with van der Waals surface area (Å²) in [5.41, 5.74) is 5.38. The van der Waals surface area contributed by atoms with Crippen LogP contribution in [-0.2, 0) is 0 Å². The summed E-state index contributed by atoms with van der Waals surface area (Å²) in [6.45, 7) is 0. The molecule has 0 aliphatic carbocycles. The van der Waals surface area contributed by atoms with Crippen molar-refractivity contribution in [3.63, 3.8) is 0 Å². The van der Waals surface area contributed by atoms with Crippen LogP contribution in [0.5, 0.6) is 0 Å². The molecule has 11 aromatic rings. The summed E-state index contributed by atoms with van der Waals surface area (Å²) in [5.74, 6) is 2.51. The minimum Gasteiger partial charge on any atom is -0.435 e. The Morgan fingerprint density at radius 1 is 0.321 bits per heavy atom. The van der Waals surface area contributed by atoms with E-state index in [4.69, 9.17) is 24.4 Å². The van der Waals surface area contributed by atoms with Crippen LogP contribution in [0.3, 0.4) is 0 Å². The average molecular weight is 677 g/mol. The van der Waals surface area contributed by atoms with Crippen molar-refractivity contribution < 1.29 is 4.42 Å². The Hall–Kier alpha value is -7.24. The first kappa shape index (κ1) is 29.5. The van der Waals surface area contributed by atoms with Gasteiger partial charge in [0.2, 0.25) is 5.89 Å². The predicted octanol–water partition coefficient (Wildman–Crippen LogP) is 12.4. The van der Waals surface area contributed by atoms with Crippen LogP contribution in [-0.4, -0.2) is 19.9 Å². The molecule has 0 aliphatic heterocycles. The zero-order valence-electron chi connectivity index (χ0n) is 28.4. The summed E-state index contributed by atoms with van der Waals surface area (Å²) < 4.78 is 6.54. The number of oxazole rings is 1. The van der Waals surface area contributed by atoms with Crippen molar-refractivity contribution in [2.75, 3.05) is 0 Å². The molecule has 0 saturated heterocycles. The lowest BCUT2D eigenvalue weighted by molar-refractivity contribution is 0.623. The standard InChI is InChI=1S/C48H28N4O/c1-3-10-33(11-4-1)45-50-46(52-47(51-45)37-22-17-30-16-15-29-9-7-8-14-38(29)40(30)28-37)36-23-25-39-35(27-36)21-20-31-18-19-32-24-26-41-44(43(32)42(31)39)53-48(49-41)34-12-5-2-6-13-34/h1-28H. The van der Waals surface area contributed by atoms with Crippen molar-refractivity contribution in [1.29, 1.82) is 0 Å². The molecule has 0 unspecified atom stereocenters. The maximum atomic E-state index is 6.54. The molecular formula is C48H28N4O. The Bertz CT molecular complexity index is 3230. The minimum atomic E-state index is 0.618. The van der Waals surface area contributed by atoms with E-state index in [1.54, 1.807) is 0 Å². The number of benzene rings is 9. The van der Waals surface area contributed by atoms with E-state index < -0.39 is 0 Å². The minimum absolute atomic E-state index is 0.618. The van der Waals surface area contributed by atoms with E-state index in [1.807, 2.05) is 66.7 Å². The van der Waals surface area contributed by atoms with Crippen LogP contribution in [0.2, 0.25) is 0 Å². The third-order valence-corrected chi connectivity index (χ3v) is 10.3. The lowest BCUT2D eigenvalue weighted by Gasteiger charge is -2.12. The first-order chi connectivity index (χ1) is 26.2. The molecule has 5 heteroatoms. The van der Waals surface area contributed by atoms with Crippen LogP contribution in [0.4, 0.5) is 0 Å². The second-order valence-electron chi connectivity index (χ2n) is 13.5. The van der Waals surface area contributed by atoms with Gasteiger partial charge in [0.05, 0.1) is 0 Å². The molecule has 53 heavy (non-hydrogen) atoms. The Morgan fingerprint density at radius 3 is 1.64 bits per heavy atom. The smallest absolute Gasteiger partial charge is 0.227 e. The number of fused-ring (bicyclic) bond motifs is 10. The van der Waals surface area contributed by atoms with Gasteiger partial charge in [-0.3, -0.25) is 0 Å². The van der Waals surface area contributed by atoms with Gasteiger partial charge < -0.3 is 4.42 Å². The lowest BCUT2D eigenvalue weighted by atomic mass is 9.95. The molecule has 0 amide bonds. The Morgan fingerprint density at radius 2 is 0.868 bits per heavy atom. The Balaban J connectivity index is 1.11. The van der Waals surface area contributed by atoms with Crippen molar-refractivity contribution in [2.45, 2.75) is 0 Å². The topological polar surface area (TPSA) is 64.7 Å². The fraction of sp³-hybridized carbons (Fsp3) is 0. The Kier molecular flexibility index (Phi) is 6.48. The van der Waals surface area contributed by atoms with Gasteiger partial charge in [-0.15, -0.1) is 0 Å². The third-order valence-electron chi connectivity index (χ3n) is 10.3. The van der Waals surface area contributed by atoms with E-state index in [9.17, 15) is 0 Å². The van der Waals surface area contributed by atoms with E-state index in [0.29, 0.717) is 23.4 Å². The van der Waals surface area contributed by atoms with Crippen molar-refractivity contribution >= 4 is 65.0 Å². The molecule has 0 N–H and O–H groups in total. The Labute approximate surface area is 303 Å². The van der Waals surface area contributed by atoms with Gasteiger partial charge in [-0.25, -0.2) is 19.9 Å². The van der Waals surface area contributed by atoms with Crippen molar-refractivity contribution in [2.24, 2.45) is 0 Å². The number of aromatic nitrogens is 4. The van der Waals surface area contributed by atoms with E-state index in [-0.39, 0.29) is 0 Å². The normalized spacial score (nSPS) is 11.8. The largest absolute Gasteiger partial charge is 0.435 e. The molecule has 0 saturated carbocycles. The van der Waals surface area contributed by atoms with Gasteiger partial charge in [0.1, 0.15) is 5.52 Å². The van der Waals surface area contributed by atoms with E-state index in [2.05, 4.69) is 103 Å². The molecule has 5 nitrogen and oxygen atoms in total. The maximum Gasteiger partial charge on any atom is 0.227 e. The first-order valence-electron chi connectivity index (χ1n) is 17.7. The average Bonchev–Trinajstić information content (AvgIpc) is 3.68. The van der Waals surface area contributed by atoms with Crippen LogP contribution < -0.4 is 0 Å². The van der Waals surface area contributed by atoms with Gasteiger partial charge in [-0.1, -0.05) is 140 Å². The monoisotopic (exact) mass is 676 g/mol. The molecule has 246 valence electrons. The van der Waals surface area contributed by atoms with Gasteiger partial charge in [0, 0.05) is 33.0 Å². The molecule has 2 heterocycles. The molecule has 0 fully saturated rings. The first-order valence-corrected chi connectivity index (χ1v) is 17.7. The summed E-state index contributed by atoms with van der Waals surface area (Å²) >= 11 is 0. The fourth-order valence-corrected chi connectivity index (χ4v) is 7.68. The van der Waals surface area contributed by atoms with Gasteiger partial charge in [-0.2, -0.15) is 0 Å². The number of hydrogen-bond acceptors (Lipinski definition) is 5. The van der Waals surface area contributed by atoms with E-state index >= 15 is 0 Å². The van der Waals surface area contributed by atoms with E-state index in [0.717, 1.165) is 65.7 Å². The maximum absolute atomic E-state index is 6.54. The van der Waals surface area contributed by atoms with Gasteiger partial charge in [-0.05, 0) is 73.4 Å². The molecule has 0 aliphatic rings. The molecule has 9 aromatic carbocycles. The number of rotatable bonds is 4. The number of hydrogen-bond donors (Lipinski definition) is 0. The molecule has 0 spiro atoms. The summed E-state index contributed by atoms with van der Waals surface area (Å²) in [4.78, 5) is 20.1. The van der Waals surface area contributed by atoms with E-state index in [1.165, 1.54) is 21.5 Å². The second-order valence-corrected chi connectivity index (χ2v) is 13.5. The zero-order chi connectivity index (χ0) is 34.9. The highest BCUT2D eigenvalue weighted by molar-refractivity contribution is 6.26. The number of nitrogens with zero attached hydrogens (tertiary/aromatic N) is 4. The molecule has 11 rings (SSSR count). The molecule has 0 bridgehead atoms. The van der Waals surface area contributed by atoms with Crippen molar-refractivity contribution in [1.82, 2.24) is 19.9 Å². The van der Waals surface area contributed by atoms with Crippen LogP contribution in [0, 0.1) is 0 Å². The van der Waals surface area contributed by atoms with Crippen LogP contribution in [0.25, 0.3) is 111 Å². The zero-order valence-corrected chi connectivity index (χ0v) is 28.4. The van der Waals surface area contributed by atoms with Gasteiger partial charge in [0.25, 0.3) is 0 Å². The summed E-state index contributed by atoms with van der Waals surface area (Å²) in [7, 11) is 0. The van der Waals surface area contributed by atoms with Crippen molar-refractivity contribution in [3.8, 4) is 45.6 Å². The van der Waals surface area contributed by atoms with Crippen LogP contribution in [0.15, 0.2) is 174 Å². The summed E-state index contributed by atoms with van der Waals surface area (Å²) in [6.07, 6.45) is 0. The second kappa shape index (κ2) is 11.7. The molecule has 2 aromatic heterocycles. The lowest BCUT2D eigenvalue weighted by Crippen LogP contribution is -2.00. The summed E-state index contributed by atoms with van der Waals surface area (Å²) in [6, 6.07) is 58.9. The van der Waals surface area contributed by atoms with Gasteiger partial charge in [0.15, 0.2) is 23.1 Å². The highest BCUT2D eigenvalue weighted by Crippen LogP contribution is 2.39. The highest BCUT2D eigenvalue weighted by Gasteiger charge is 2.17. The SMILES string of the molecule is c1ccc(-c2nc(-c3ccc4c(ccc5ccc6ccc7nc(-c8ccccc8)oc7c6c54)c3)nc(-c3ccc4ccc5ccccc5c4c3)n2)cc1. The third kappa shape index (κ3) is 4.86. The van der Waals surface area contributed by atoms with Gasteiger partial charge >= 0.3 is 0 Å². The summed E-state index contributed by atoms with van der Waals surface area (Å²) in [5, 5.41) is 11.4. The fourth-order valence-electron chi connectivity index (χ4n) is 7.68. The van der Waals surface area contributed by atoms with Crippen molar-refractivity contribution in [3.05, 3.63) is 170 Å². The predicted molar refractivity (Wildman–Crippen MR) is 217 cm³/mol. The molecular weight excluding hydrogens is 649 g/mol. The molecule has 0 atom stereocenters. The van der Waals surface area contributed by atoms with Crippen LogP contribution in [0.1, 0.15) is 0 Å².